The smallest absolute Gasteiger partial charge is 0.278 e. The van der Waals surface area contributed by atoms with E-state index >= 15 is 0 Å². The van der Waals surface area contributed by atoms with Crippen LogP contribution in [0.4, 0.5) is 8.78 Å². The molecule has 0 unspecified atom stereocenters. The maximum atomic E-state index is 13.9. The lowest BCUT2D eigenvalue weighted by molar-refractivity contribution is 0.426. The molecule has 1 aromatic heterocycles. The molecule has 0 aliphatic carbocycles. The third-order valence-corrected chi connectivity index (χ3v) is 4.27. The van der Waals surface area contributed by atoms with Crippen LogP contribution in [0.5, 0.6) is 0 Å². The lowest BCUT2D eigenvalue weighted by atomic mass is 9.99. The first kappa shape index (κ1) is 15.3. The fourth-order valence-electron chi connectivity index (χ4n) is 3.15. The Kier molecular flexibility index (Phi) is 3.90. The van der Waals surface area contributed by atoms with Gasteiger partial charge in [0.05, 0.1) is 11.1 Å². The Hall–Kier alpha value is -3.20. The highest BCUT2D eigenvalue weighted by Gasteiger charge is 2.18. The van der Waals surface area contributed by atoms with Gasteiger partial charge in [0.2, 0.25) is 0 Å². The zero-order chi connectivity index (χ0) is 17.2. The molecule has 0 amide bonds. The molecule has 1 heterocycles. The maximum Gasteiger partial charge on any atom is 0.278 e. The van der Waals surface area contributed by atoms with Gasteiger partial charge in [-0.25, -0.2) is 0 Å². The monoisotopic (exact) mass is 331 g/mol. The van der Waals surface area contributed by atoms with Crippen molar-refractivity contribution >= 4 is 16.5 Å². The first-order chi connectivity index (χ1) is 12.3. The second kappa shape index (κ2) is 6.36. The van der Waals surface area contributed by atoms with Crippen LogP contribution >= 0.6 is 0 Å². The number of para-hydroxylation sites is 2. The van der Waals surface area contributed by atoms with E-state index in [2.05, 4.69) is 0 Å². The lowest BCUT2D eigenvalue weighted by Crippen LogP contribution is -1.91. The number of nitrogens with zero attached hydrogens (tertiary/aromatic N) is 1. The van der Waals surface area contributed by atoms with Crippen LogP contribution in [-0.4, -0.2) is 4.57 Å². The van der Waals surface area contributed by atoms with Crippen molar-refractivity contribution in [2.75, 3.05) is 0 Å². The summed E-state index contributed by atoms with van der Waals surface area (Å²) in [5.74, 6) is 0. The van der Waals surface area contributed by atoms with Crippen molar-refractivity contribution in [2.24, 2.45) is 0 Å². The van der Waals surface area contributed by atoms with Gasteiger partial charge in [-0.1, -0.05) is 66.7 Å². The molecule has 0 atom stereocenters. The summed E-state index contributed by atoms with van der Waals surface area (Å²) in [7, 11) is 0. The maximum absolute atomic E-state index is 13.9. The van der Waals surface area contributed by atoms with E-state index in [4.69, 9.17) is 0 Å². The predicted molar refractivity (Wildman–Crippen MR) is 98.0 cm³/mol. The van der Waals surface area contributed by atoms with Gasteiger partial charge in [0.15, 0.2) is 0 Å². The Bertz CT molecular complexity index is 1040. The molecule has 3 aromatic carbocycles. The zero-order valence-electron chi connectivity index (χ0n) is 13.4. The van der Waals surface area contributed by atoms with Gasteiger partial charge in [0, 0.05) is 22.8 Å². The minimum absolute atomic E-state index is 0.0218. The predicted octanol–water partition coefficient (Wildman–Crippen LogP) is 6.29. The van der Waals surface area contributed by atoms with E-state index in [1.807, 2.05) is 65.2 Å². The summed E-state index contributed by atoms with van der Waals surface area (Å²) < 4.78 is 29.7. The van der Waals surface area contributed by atoms with Gasteiger partial charge < -0.3 is 4.57 Å². The van der Waals surface area contributed by atoms with Crippen LogP contribution in [-0.2, 0) is 0 Å². The molecule has 0 bridgehead atoms. The summed E-state index contributed by atoms with van der Waals surface area (Å²) in [4.78, 5) is 0. The van der Waals surface area contributed by atoms with Crippen LogP contribution in [0.3, 0.4) is 0 Å². The fourth-order valence-corrected chi connectivity index (χ4v) is 3.15. The third-order valence-electron chi connectivity index (χ3n) is 4.27. The number of aromatic nitrogens is 1. The van der Waals surface area contributed by atoms with Gasteiger partial charge >= 0.3 is 0 Å². The van der Waals surface area contributed by atoms with Crippen LogP contribution in [0.1, 0.15) is 11.1 Å². The van der Waals surface area contributed by atoms with Crippen molar-refractivity contribution in [3.05, 3.63) is 108 Å². The molecule has 0 spiro atoms. The molecule has 0 saturated heterocycles. The average Bonchev–Trinajstić information content (AvgIpc) is 3.03. The molecule has 4 aromatic rings. The van der Waals surface area contributed by atoms with E-state index in [1.165, 1.54) is 0 Å². The molecule has 0 aliphatic rings. The fraction of sp³-hybridized carbons (Fsp3) is 0. The summed E-state index contributed by atoms with van der Waals surface area (Å²) in [5, 5.41) is 0.804. The normalized spacial score (nSPS) is 10.8. The van der Waals surface area contributed by atoms with Crippen LogP contribution in [0.15, 0.2) is 97.2 Å². The zero-order valence-corrected chi connectivity index (χ0v) is 13.4. The van der Waals surface area contributed by atoms with Crippen molar-refractivity contribution < 1.29 is 8.78 Å². The summed E-state index contributed by atoms with van der Waals surface area (Å²) in [6.07, 6.45) is 0.115. The molecular weight excluding hydrogens is 316 g/mol. The SMILES string of the molecule is FC(F)=C(c1ccccc1)c1cn(-c2ccccc2)c2ccccc12. The molecule has 0 aliphatic heterocycles. The largest absolute Gasteiger partial charge is 0.316 e. The van der Waals surface area contributed by atoms with Crippen LogP contribution in [0.25, 0.3) is 22.2 Å². The van der Waals surface area contributed by atoms with E-state index in [9.17, 15) is 8.78 Å². The standard InChI is InChI=1S/C22H15F2N/c23-22(24)21(16-9-3-1-4-10-16)19-15-25(17-11-5-2-6-12-17)20-14-8-7-13-18(19)20/h1-15H. The Balaban J connectivity index is 2.01. The van der Waals surface area contributed by atoms with Gasteiger partial charge in [0.1, 0.15) is 0 Å². The minimum atomic E-state index is -1.68. The Labute approximate surface area is 144 Å². The van der Waals surface area contributed by atoms with Crippen LogP contribution in [0.2, 0.25) is 0 Å². The van der Waals surface area contributed by atoms with Crippen molar-refractivity contribution in [1.82, 2.24) is 4.57 Å². The Morgan fingerprint density at radius 1 is 0.680 bits per heavy atom. The van der Waals surface area contributed by atoms with Gasteiger partial charge in [-0.05, 0) is 23.8 Å². The quantitative estimate of drug-likeness (QED) is 0.416. The van der Waals surface area contributed by atoms with E-state index in [1.54, 1.807) is 30.5 Å². The second-order valence-electron chi connectivity index (χ2n) is 5.77. The van der Waals surface area contributed by atoms with E-state index < -0.39 is 6.08 Å². The Morgan fingerprint density at radius 2 is 1.28 bits per heavy atom. The van der Waals surface area contributed by atoms with Crippen molar-refractivity contribution in [1.29, 1.82) is 0 Å². The molecule has 0 fully saturated rings. The van der Waals surface area contributed by atoms with Crippen molar-refractivity contribution in [2.45, 2.75) is 0 Å². The molecule has 0 N–H and O–H groups in total. The number of hydrogen-bond donors (Lipinski definition) is 0. The molecule has 4 rings (SSSR count). The molecular formula is C22H15F2N. The molecule has 122 valence electrons. The minimum Gasteiger partial charge on any atom is -0.316 e. The van der Waals surface area contributed by atoms with Crippen molar-refractivity contribution in [3.8, 4) is 5.69 Å². The highest BCUT2D eigenvalue weighted by Crippen LogP contribution is 2.35. The summed E-state index contributed by atoms with van der Waals surface area (Å²) in [6.45, 7) is 0. The molecule has 0 saturated carbocycles. The molecule has 0 radical (unpaired) electrons. The number of halogens is 2. The van der Waals surface area contributed by atoms with E-state index in [-0.39, 0.29) is 5.57 Å². The third kappa shape index (κ3) is 2.74. The first-order valence-corrected chi connectivity index (χ1v) is 8.02. The summed E-state index contributed by atoms with van der Waals surface area (Å²) >= 11 is 0. The van der Waals surface area contributed by atoms with Gasteiger partial charge in [0.25, 0.3) is 6.08 Å². The van der Waals surface area contributed by atoms with Gasteiger partial charge in [-0.2, -0.15) is 8.78 Å². The highest BCUT2D eigenvalue weighted by atomic mass is 19.3. The number of rotatable bonds is 3. The van der Waals surface area contributed by atoms with Gasteiger partial charge in [-0.3, -0.25) is 0 Å². The number of hydrogen-bond acceptors (Lipinski definition) is 0. The summed E-state index contributed by atoms with van der Waals surface area (Å²) in [5.41, 5.74) is 2.87. The van der Waals surface area contributed by atoms with Crippen molar-refractivity contribution in [3.63, 3.8) is 0 Å². The van der Waals surface area contributed by atoms with Crippen LogP contribution in [0, 0.1) is 0 Å². The molecule has 25 heavy (non-hydrogen) atoms. The van der Waals surface area contributed by atoms with E-state index in [0.29, 0.717) is 11.1 Å². The second-order valence-corrected chi connectivity index (χ2v) is 5.77. The average molecular weight is 331 g/mol. The molecule has 3 heteroatoms. The van der Waals surface area contributed by atoms with Gasteiger partial charge in [-0.15, -0.1) is 0 Å². The highest BCUT2D eigenvalue weighted by molar-refractivity contribution is 5.98. The topological polar surface area (TPSA) is 4.93 Å². The lowest BCUT2D eigenvalue weighted by Gasteiger charge is -2.06. The number of fused-ring (bicyclic) bond motifs is 1. The summed E-state index contributed by atoms with van der Waals surface area (Å²) in [6, 6.07) is 26.2. The van der Waals surface area contributed by atoms with E-state index in [0.717, 1.165) is 16.6 Å². The van der Waals surface area contributed by atoms with Crippen LogP contribution < -0.4 is 0 Å². The Morgan fingerprint density at radius 3 is 1.96 bits per heavy atom. The number of benzene rings is 3. The first-order valence-electron chi connectivity index (χ1n) is 8.02. The molecule has 1 nitrogen and oxygen atoms in total.